The van der Waals surface area contributed by atoms with E-state index in [1.54, 1.807) is 0 Å². The minimum atomic E-state index is -1.27. The zero-order chi connectivity index (χ0) is 19.6. The number of aromatic nitrogens is 2. The zero-order valence-electron chi connectivity index (χ0n) is 14.5. The summed E-state index contributed by atoms with van der Waals surface area (Å²) in [4.78, 5) is 39.0. The van der Waals surface area contributed by atoms with Crippen molar-refractivity contribution in [3.05, 3.63) is 65.1 Å². The van der Waals surface area contributed by atoms with Crippen LogP contribution in [-0.4, -0.2) is 37.4 Å². The van der Waals surface area contributed by atoms with E-state index in [0.717, 1.165) is 23.1 Å². The summed E-state index contributed by atoms with van der Waals surface area (Å²) in [5, 5.41) is 20.8. The SMILES string of the molecule is Cc1nc2ccccn2c1CCC(=O)Nc1cc(C(=O)O)cc(C(=O)O)c1. The number of fused-ring (bicyclic) bond motifs is 1. The van der Waals surface area contributed by atoms with Crippen LogP contribution in [0.15, 0.2) is 42.6 Å². The monoisotopic (exact) mass is 367 g/mol. The van der Waals surface area contributed by atoms with Crippen LogP contribution >= 0.6 is 0 Å². The maximum Gasteiger partial charge on any atom is 0.335 e. The predicted octanol–water partition coefficient (Wildman–Crippen LogP) is 2.61. The van der Waals surface area contributed by atoms with Crippen molar-refractivity contribution in [2.75, 3.05) is 5.32 Å². The van der Waals surface area contributed by atoms with Gasteiger partial charge in [0.2, 0.25) is 5.91 Å². The number of aryl methyl sites for hydroxylation is 2. The first-order valence-corrected chi connectivity index (χ1v) is 8.19. The number of benzene rings is 1. The van der Waals surface area contributed by atoms with Gasteiger partial charge < -0.3 is 19.9 Å². The van der Waals surface area contributed by atoms with E-state index in [9.17, 15) is 14.4 Å². The molecule has 3 N–H and O–H groups in total. The molecule has 0 aliphatic rings. The van der Waals surface area contributed by atoms with Crippen LogP contribution in [0.2, 0.25) is 0 Å². The van der Waals surface area contributed by atoms with Gasteiger partial charge in [-0.1, -0.05) is 6.07 Å². The molecule has 0 unspecified atom stereocenters. The highest BCUT2D eigenvalue weighted by Crippen LogP contribution is 2.17. The fraction of sp³-hybridized carbons (Fsp3) is 0.158. The molecule has 0 bridgehead atoms. The lowest BCUT2D eigenvalue weighted by molar-refractivity contribution is -0.116. The van der Waals surface area contributed by atoms with Crippen LogP contribution in [0.5, 0.6) is 0 Å². The number of anilines is 1. The molecule has 8 nitrogen and oxygen atoms in total. The molecule has 138 valence electrons. The smallest absolute Gasteiger partial charge is 0.335 e. The molecule has 0 spiro atoms. The van der Waals surface area contributed by atoms with Crippen LogP contribution < -0.4 is 5.32 Å². The predicted molar refractivity (Wildman–Crippen MR) is 97.2 cm³/mol. The minimum Gasteiger partial charge on any atom is -0.478 e. The number of rotatable bonds is 6. The van der Waals surface area contributed by atoms with Gasteiger partial charge in [0.05, 0.1) is 16.8 Å². The summed E-state index contributed by atoms with van der Waals surface area (Å²) in [6, 6.07) is 9.14. The van der Waals surface area contributed by atoms with E-state index in [1.807, 2.05) is 35.7 Å². The van der Waals surface area contributed by atoms with Gasteiger partial charge in [0.25, 0.3) is 0 Å². The van der Waals surface area contributed by atoms with Crippen molar-refractivity contribution >= 4 is 29.2 Å². The number of carbonyl (C=O) groups is 3. The Labute approximate surface area is 154 Å². The van der Waals surface area contributed by atoms with Gasteiger partial charge in [0, 0.05) is 24.0 Å². The number of imidazole rings is 1. The Kier molecular flexibility index (Phi) is 4.89. The van der Waals surface area contributed by atoms with E-state index in [-0.39, 0.29) is 29.1 Å². The summed E-state index contributed by atoms with van der Waals surface area (Å²) < 4.78 is 1.91. The molecule has 0 fully saturated rings. The lowest BCUT2D eigenvalue weighted by atomic mass is 10.1. The molecule has 1 amide bonds. The normalized spacial score (nSPS) is 10.7. The molecule has 0 aliphatic heterocycles. The number of nitrogens with one attached hydrogen (secondary N) is 1. The number of hydrogen-bond donors (Lipinski definition) is 3. The van der Waals surface area contributed by atoms with E-state index in [2.05, 4.69) is 10.3 Å². The molecule has 2 aromatic heterocycles. The molecule has 0 saturated carbocycles. The third-order valence-electron chi connectivity index (χ3n) is 4.13. The highest BCUT2D eigenvalue weighted by Gasteiger charge is 2.14. The van der Waals surface area contributed by atoms with Gasteiger partial charge in [0.1, 0.15) is 5.65 Å². The average molecular weight is 367 g/mol. The molecule has 3 rings (SSSR count). The van der Waals surface area contributed by atoms with Gasteiger partial charge in [-0.2, -0.15) is 0 Å². The first kappa shape index (κ1) is 18.1. The molecule has 2 heterocycles. The van der Waals surface area contributed by atoms with Crippen molar-refractivity contribution in [3.63, 3.8) is 0 Å². The number of carboxylic acid groups (broad SMARTS) is 2. The number of hydrogen-bond acceptors (Lipinski definition) is 4. The summed E-state index contributed by atoms with van der Waals surface area (Å²) in [6.07, 6.45) is 2.45. The van der Waals surface area contributed by atoms with Gasteiger partial charge in [-0.3, -0.25) is 4.79 Å². The first-order chi connectivity index (χ1) is 12.8. The van der Waals surface area contributed by atoms with Crippen LogP contribution in [-0.2, 0) is 11.2 Å². The molecule has 0 aliphatic carbocycles. The van der Waals surface area contributed by atoms with Crippen molar-refractivity contribution in [3.8, 4) is 0 Å². The second-order valence-corrected chi connectivity index (χ2v) is 6.03. The van der Waals surface area contributed by atoms with Gasteiger partial charge in [0.15, 0.2) is 0 Å². The summed E-state index contributed by atoms with van der Waals surface area (Å²) in [7, 11) is 0. The zero-order valence-corrected chi connectivity index (χ0v) is 14.5. The van der Waals surface area contributed by atoms with E-state index in [1.165, 1.54) is 12.1 Å². The Balaban J connectivity index is 1.75. The highest BCUT2D eigenvalue weighted by atomic mass is 16.4. The van der Waals surface area contributed by atoms with Gasteiger partial charge >= 0.3 is 11.9 Å². The fourth-order valence-corrected chi connectivity index (χ4v) is 2.87. The minimum absolute atomic E-state index is 0.132. The van der Waals surface area contributed by atoms with Crippen molar-refractivity contribution in [1.29, 1.82) is 0 Å². The second-order valence-electron chi connectivity index (χ2n) is 6.03. The number of carboxylic acids is 2. The van der Waals surface area contributed by atoms with Crippen LogP contribution in [0.25, 0.3) is 5.65 Å². The number of amides is 1. The number of pyridine rings is 1. The molecule has 0 saturated heterocycles. The van der Waals surface area contributed by atoms with E-state index in [4.69, 9.17) is 10.2 Å². The Bertz CT molecular complexity index is 1020. The summed E-state index contributed by atoms with van der Waals surface area (Å²) >= 11 is 0. The molecule has 1 aromatic carbocycles. The van der Waals surface area contributed by atoms with Crippen molar-refractivity contribution in [2.24, 2.45) is 0 Å². The Morgan fingerprint density at radius 1 is 1.07 bits per heavy atom. The summed E-state index contributed by atoms with van der Waals surface area (Å²) in [5.41, 5.74) is 2.25. The van der Waals surface area contributed by atoms with Crippen LogP contribution in [0.3, 0.4) is 0 Å². The van der Waals surface area contributed by atoms with E-state index in [0.29, 0.717) is 6.42 Å². The van der Waals surface area contributed by atoms with Gasteiger partial charge in [-0.05, 0) is 43.7 Å². The van der Waals surface area contributed by atoms with Crippen LogP contribution in [0, 0.1) is 6.92 Å². The van der Waals surface area contributed by atoms with Crippen LogP contribution in [0.4, 0.5) is 5.69 Å². The summed E-state index contributed by atoms with van der Waals surface area (Å²) in [6.45, 7) is 1.87. The third-order valence-corrected chi connectivity index (χ3v) is 4.13. The molecule has 0 radical (unpaired) electrons. The second kappa shape index (κ2) is 7.28. The quantitative estimate of drug-likeness (QED) is 0.616. The molecular weight excluding hydrogens is 350 g/mol. The summed E-state index contributed by atoms with van der Waals surface area (Å²) in [5.74, 6) is -2.89. The maximum atomic E-state index is 12.3. The third kappa shape index (κ3) is 3.95. The van der Waals surface area contributed by atoms with Crippen molar-refractivity contribution in [2.45, 2.75) is 19.8 Å². The average Bonchev–Trinajstić information content (AvgIpc) is 2.94. The maximum absolute atomic E-state index is 12.3. The number of aromatic carboxylic acids is 2. The van der Waals surface area contributed by atoms with Gasteiger partial charge in [-0.25, -0.2) is 14.6 Å². The van der Waals surface area contributed by atoms with Crippen molar-refractivity contribution in [1.82, 2.24) is 9.38 Å². The van der Waals surface area contributed by atoms with Crippen molar-refractivity contribution < 1.29 is 24.6 Å². The van der Waals surface area contributed by atoms with E-state index >= 15 is 0 Å². The van der Waals surface area contributed by atoms with Gasteiger partial charge in [-0.15, -0.1) is 0 Å². The molecule has 0 atom stereocenters. The number of carbonyl (C=O) groups excluding carboxylic acids is 1. The topological polar surface area (TPSA) is 121 Å². The first-order valence-electron chi connectivity index (χ1n) is 8.19. The Hall–Kier alpha value is -3.68. The lowest BCUT2D eigenvalue weighted by Gasteiger charge is -2.08. The largest absolute Gasteiger partial charge is 0.478 e. The molecular formula is C19H17N3O5. The van der Waals surface area contributed by atoms with Crippen LogP contribution in [0.1, 0.15) is 38.5 Å². The Morgan fingerprint density at radius 2 is 1.74 bits per heavy atom. The Morgan fingerprint density at radius 3 is 2.37 bits per heavy atom. The van der Waals surface area contributed by atoms with E-state index < -0.39 is 11.9 Å². The lowest BCUT2D eigenvalue weighted by Crippen LogP contribution is -2.14. The molecule has 3 aromatic rings. The highest BCUT2D eigenvalue weighted by molar-refractivity contribution is 5.98. The molecule has 27 heavy (non-hydrogen) atoms. The fourth-order valence-electron chi connectivity index (χ4n) is 2.87. The standard InChI is InChI=1S/C19H17N3O5/c1-11-15(22-7-3-2-4-16(22)20-11)5-6-17(23)21-14-9-12(18(24)25)8-13(10-14)19(26)27/h2-4,7-10H,5-6H2,1H3,(H,21,23)(H,24,25)(H,26,27). The number of nitrogens with zero attached hydrogens (tertiary/aromatic N) is 2. The molecule has 8 heteroatoms.